The van der Waals surface area contributed by atoms with Gasteiger partial charge in [0.15, 0.2) is 0 Å². The van der Waals surface area contributed by atoms with Crippen LogP contribution in [-0.2, 0) is 9.59 Å². The van der Waals surface area contributed by atoms with E-state index in [1.807, 2.05) is 6.07 Å². The highest BCUT2D eigenvalue weighted by Gasteiger charge is 2.32. The summed E-state index contributed by atoms with van der Waals surface area (Å²) in [6, 6.07) is 10.4. The summed E-state index contributed by atoms with van der Waals surface area (Å²) in [5, 5.41) is 10.8. The fourth-order valence-electron chi connectivity index (χ4n) is 3.12. The monoisotopic (exact) mass is 356 g/mol. The molecule has 0 bridgehead atoms. The van der Waals surface area contributed by atoms with Gasteiger partial charge in [-0.25, -0.2) is 0 Å². The molecule has 1 aliphatic heterocycles. The molecule has 1 aliphatic rings. The van der Waals surface area contributed by atoms with Gasteiger partial charge in [0.25, 0.3) is 0 Å². The summed E-state index contributed by atoms with van der Waals surface area (Å²) in [5.74, 6) is 0.250. The van der Waals surface area contributed by atoms with Crippen molar-refractivity contribution >= 4 is 11.9 Å². The number of rotatable bonds is 3. The highest BCUT2D eigenvalue weighted by atomic mass is 16.5. The highest BCUT2D eigenvalue weighted by molar-refractivity contribution is 5.71. The topological polar surface area (TPSA) is 82.1 Å². The number of esters is 2. The molecule has 0 saturated heterocycles. The Morgan fingerprint density at radius 3 is 2.54 bits per heavy atom. The number of aliphatic hydroxyl groups is 1. The van der Waals surface area contributed by atoms with Crippen molar-refractivity contribution in [2.75, 3.05) is 6.61 Å². The SMILES string of the molecule is CC(=O)Oc1cccc([C@@H]2COc3c(ccc(OC(C)=O)c3C)[C@@H]2O)c1. The number of ether oxygens (including phenoxy) is 3. The molecule has 6 nitrogen and oxygen atoms in total. The Hall–Kier alpha value is -2.86. The lowest BCUT2D eigenvalue weighted by Gasteiger charge is -2.32. The van der Waals surface area contributed by atoms with Crippen molar-refractivity contribution in [1.82, 2.24) is 0 Å². The quantitative estimate of drug-likeness (QED) is 0.672. The third kappa shape index (κ3) is 3.55. The summed E-state index contributed by atoms with van der Waals surface area (Å²) in [6.07, 6.45) is -0.795. The second kappa shape index (κ2) is 7.17. The predicted octanol–water partition coefficient (Wildman–Crippen LogP) is 3.06. The van der Waals surface area contributed by atoms with Gasteiger partial charge < -0.3 is 19.3 Å². The molecule has 136 valence electrons. The van der Waals surface area contributed by atoms with Crippen molar-refractivity contribution < 1.29 is 28.9 Å². The molecular weight excluding hydrogens is 336 g/mol. The lowest BCUT2D eigenvalue weighted by molar-refractivity contribution is -0.132. The summed E-state index contributed by atoms with van der Waals surface area (Å²) in [4.78, 5) is 22.3. The van der Waals surface area contributed by atoms with Gasteiger partial charge in [0.2, 0.25) is 0 Å². The second-order valence-electron chi connectivity index (χ2n) is 6.23. The van der Waals surface area contributed by atoms with Crippen molar-refractivity contribution in [3.8, 4) is 17.2 Å². The average molecular weight is 356 g/mol. The van der Waals surface area contributed by atoms with Crippen molar-refractivity contribution in [2.45, 2.75) is 32.8 Å². The number of aliphatic hydroxyl groups excluding tert-OH is 1. The number of hydrogen-bond donors (Lipinski definition) is 1. The Labute approximate surface area is 151 Å². The van der Waals surface area contributed by atoms with Crippen LogP contribution in [0.15, 0.2) is 36.4 Å². The van der Waals surface area contributed by atoms with Crippen molar-refractivity contribution in [1.29, 1.82) is 0 Å². The number of benzene rings is 2. The molecule has 6 heteroatoms. The van der Waals surface area contributed by atoms with Gasteiger partial charge in [0.1, 0.15) is 17.2 Å². The molecule has 0 fully saturated rings. The van der Waals surface area contributed by atoms with Gasteiger partial charge in [-0.1, -0.05) is 12.1 Å². The zero-order valence-corrected chi connectivity index (χ0v) is 14.8. The molecule has 1 heterocycles. The maximum atomic E-state index is 11.2. The Morgan fingerprint density at radius 1 is 1.12 bits per heavy atom. The molecular formula is C20H20O6. The minimum atomic E-state index is -0.795. The molecule has 0 radical (unpaired) electrons. The van der Waals surface area contributed by atoms with Crippen LogP contribution in [0.5, 0.6) is 17.2 Å². The van der Waals surface area contributed by atoms with Crippen LogP contribution >= 0.6 is 0 Å². The first-order valence-corrected chi connectivity index (χ1v) is 8.28. The Kier molecular flexibility index (Phi) is 4.95. The smallest absolute Gasteiger partial charge is 0.308 e. The normalized spacial score (nSPS) is 18.5. The third-order valence-corrected chi connectivity index (χ3v) is 4.30. The van der Waals surface area contributed by atoms with Crippen LogP contribution in [0.25, 0.3) is 0 Å². The zero-order chi connectivity index (χ0) is 18.8. The van der Waals surface area contributed by atoms with Crippen LogP contribution in [-0.4, -0.2) is 23.7 Å². The summed E-state index contributed by atoms with van der Waals surface area (Å²) in [6.45, 7) is 4.71. The molecule has 0 spiro atoms. The van der Waals surface area contributed by atoms with Gasteiger partial charge in [0, 0.05) is 30.9 Å². The lowest BCUT2D eigenvalue weighted by atomic mass is 9.86. The maximum absolute atomic E-state index is 11.2. The summed E-state index contributed by atoms with van der Waals surface area (Å²) in [5.41, 5.74) is 2.11. The van der Waals surface area contributed by atoms with E-state index in [2.05, 4.69) is 0 Å². The van der Waals surface area contributed by atoms with E-state index in [0.717, 1.165) is 5.56 Å². The minimum absolute atomic E-state index is 0.252. The van der Waals surface area contributed by atoms with E-state index in [1.165, 1.54) is 13.8 Å². The van der Waals surface area contributed by atoms with Gasteiger partial charge in [-0.2, -0.15) is 0 Å². The fourth-order valence-corrected chi connectivity index (χ4v) is 3.12. The number of carbonyl (C=O) groups excluding carboxylic acids is 2. The largest absolute Gasteiger partial charge is 0.492 e. The van der Waals surface area contributed by atoms with E-state index in [9.17, 15) is 14.7 Å². The Balaban J connectivity index is 1.91. The summed E-state index contributed by atoms with van der Waals surface area (Å²) < 4.78 is 16.1. The van der Waals surface area contributed by atoms with E-state index in [4.69, 9.17) is 14.2 Å². The van der Waals surface area contributed by atoms with Gasteiger partial charge >= 0.3 is 11.9 Å². The molecule has 26 heavy (non-hydrogen) atoms. The molecule has 2 aromatic rings. The molecule has 0 saturated carbocycles. The first-order valence-electron chi connectivity index (χ1n) is 8.28. The van der Waals surface area contributed by atoms with Crippen LogP contribution < -0.4 is 14.2 Å². The molecule has 0 amide bonds. The van der Waals surface area contributed by atoms with Crippen LogP contribution in [0.4, 0.5) is 0 Å². The zero-order valence-electron chi connectivity index (χ0n) is 14.8. The molecule has 0 aliphatic carbocycles. The van der Waals surface area contributed by atoms with Crippen LogP contribution in [0.2, 0.25) is 0 Å². The molecule has 2 atom stereocenters. The molecule has 3 rings (SSSR count). The van der Waals surface area contributed by atoms with E-state index >= 15 is 0 Å². The van der Waals surface area contributed by atoms with E-state index < -0.39 is 18.0 Å². The van der Waals surface area contributed by atoms with Gasteiger partial charge in [0.05, 0.1) is 12.7 Å². The Bertz CT molecular complexity index is 857. The first kappa shape index (κ1) is 17.9. The van der Waals surface area contributed by atoms with Crippen LogP contribution in [0.1, 0.15) is 42.6 Å². The predicted molar refractivity (Wildman–Crippen MR) is 93.4 cm³/mol. The van der Waals surface area contributed by atoms with Crippen molar-refractivity contribution in [3.63, 3.8) is 0 Å². The molecule has 0 unspecified atom stereocenters. The minimum Gasteiger partial charge on any atom is -0.492 e. The third-order valence-electron chi connectivity index (χ3n) is 4.30. The first-order chi connectivity index (χ1) is 12.4. The standard InChI is InChI=1S/C20H20O6/c1-11-18(26-13(3)22)8-7-16-19(23)17(10-24-20(11)16)14-5-4-6-15(9-14)25-12(2)21/h4-9,17,19,23H,10H2,1-3H3/t17-,19-/m0/s1. The number of hydrogen-bond acceptors (Lipinski definition) is 6. The van der Waals surface area contributed by atoms with E-state index in [0.29, 0.717) is 28.4 Å². The van der Waals surface area contributed by atoms with Crippen molar-refractivity contribution in [2.24, 2.45) is 0 Å². The van der Waals surface area contributed by atoms with Gasteiger partial charge in [-0.05, 0) is 36.8 Å². The van der Waals surface area contributed by atoms with Crippen LogP contribution in [0.3, 0.4) is 0 Å². The molecule has 2 aromatic carbocycles. The Morgan fingerprint density at radius 2 is 1.85 bits per heavy atom. The van der Waals surface area contributed by atoms with E-state index in [-0.39, 0.29) is 12.5 Å². The fraction of sp³-hybridized carbons (Fsp3) is 0.300. The van der Waals surface area contributed by atoms with Gasteiger partial charge in [-0.15, -0.1) is 0 Å². The second-order valence-corrected chi connectivity index (χ2v) is 6.23. The maximum Gasteiger partial charge on any atom is 0.308 e. The number of carbonyl (C=O) groups is 2. The molecule has 1 N–H and O–H groups in total. The molecule has 0 aromatic heterocycles. The number of fused-ring (bicyclic) bond motifs is 1. The lowest BCUT2D eigenvalue weighted by Crippen LogP contribution is -2.25. The van der Waals surface area contributed by atoms with Crippen molar-refractivity contribution in [3.05, 3.63) is 53.1 Å². The summed E-state index contributed by atoms with van der Waals surface area (Å²) >= 11 is 0. The van der Waals surface area contributed by atoms with Crippen LogP contribution in [0, 0.1) is 6.92 Å². The highest BCUT2D eigenvalue weighted by Crippen LogP contribution is 2.44. The average Bonchev–Trinajstić information content (AvgIpc) is 2.57. The van der Waals surface area contributed by atoms with E-state index in [1.54, 1.807) is 37.3 Å². The van der Waals surface area contributed by atoms with Gasteiger partial charge in [-0.3, -0.25) is 9.59 Å². The summed E-state index contributed by atoms with van der Waals surface area (Å²) in [7, 11) is 0.